The van der Waals surface area contributed by atoms with E-state index in [0.29, 0.717) is 5.75 Å². The van der Waals surface area contributed by atoms with E-state index in [-0.39, 0.29) is 0 Å². The van der Waals surface area contributed by atoms with Gasteiger partial charge in [-0.2, -0.15) is 4.94 Å². The molecule has 4 nitrogen and oxygen atoms in total. The molecule has 2 aromatic heterocycles. The molecule has 0 aliphatic rings. The predicted octanol–water partition coefficient (Wildman–Crippen LogP) is 6.76. The van der Waals surface area contributed by atoms with Crippen LogP contribution >= 0.6 is 11.3 Å². The van der Waals surface area contributed by atoms with Crippen LogP contribution in [0.4, 0.5) is 4.53 Å². The lowest BCUT2D eigenvalue weighted by molar-refractivity contribution is -0.183. The zero-order valence-corrected chi connectivity index (χ0v) is 17.0. The Labute approximate surface area is 176 Å². The lowest BCUT2D eigenvalue weighted by atomic mass is 10.1. The van der Waals surface area contributed by atoms with Crippen molar-refractivity contribution in [3.63, 3.8) is 0 Å². The highest BCUT2D eigenvalue weighted by molar-refractivity contribution is 7.14. The van der Waals surface area contributed by atoms with Crippen molar-refractivity contribution >= 4 is 33.1 Å². The number of para-hydroxylation sites is 3. The first-order valence-corrected chi connectivity index (χ1v) is 10.3. The number of hydrogen-bond acceptors (Lipinski definition) is 4. The normalized spacial score (nSPS) is 11.3. The van der Waals surface area contributed by atoms with Crippen molar-refractivity contribution in [3.05, 3.63) is 78.2 Å². The zero-order chi connectivity index (χ0) is 20.5. The van der Waals surface area contributed by atoms with E-state index >= 15 is 0 Å². The summed E-state index contributed by atoms with van der Waals surface area (Å²) in [6.45, 7) is -0.497. The summed E-state index contributed by atoms with van der Waals surface area (Å²) in [5.41, 5.74) is 3.81. The highest BCUT2D eigenvalue weighted by Crippen LogP contribution is 2.46. The van der Waals surface area contributed by atoms with E-state index in [1.165, 1.54) is 11.3 Å². The second-order valence-electron chi connectivity index (χ2n) is 6.72. The molecule has 0 fully saturated rings. The minimum absolute atomic E-state index is 0.497. The van der Waals surface area contributed by atoms with Crippen LogP contribution in [0.15, 0.2) is 78.2 Å². The van der Waals surface area contributed by atoms with Gasteiger partial charge in [0.2, 0.25) is 6.79 Å². The van der Waals surface area contributed by atoms with Gasteiger partial charge >= 0.3 is 0 Å². The third kappa shape index (κ3) is 2.93. The molecule has 0 aliphatic carbocycles. The number of methoxy groups -OCH3 is 1. The van der Waals surface area contributed by atoms with E-state index in [9.17, 15) is 4.53 Å². The van der Waals surface area contributed by atoms with Gasteiger partial charge in [0, 0.05) is 21.7 Å². The van der Waals surface area contributed by atoms with E-state index < -0.39 is 6.79 Å². The van der Waals surface area contributed by atoms with Gasteiger partial charge in [-0.3, -0.25) is 0 Å². The van der Waals surface area contributed by atoms with Crippen LogP contribution in [0, 0.1) is 0 Å². The Kier molecular flexibility index (Phi) is 4.86. The smallest absolute Gasteiger partial charge is 0.226 e. The Morgan fingerprint density at radius 1 is 0.867 bits per heavy atom. The summed E-state index contributed by atoms with van der Waals surface area (Å²) in [5, 5.41) is 4.31. The molecule has 6 heteroatoms. The first-order chi connectivity index (χ1) is 14.8. The maximum Gasteiger partial charge on any atom is 0.226 e. The van der Waals surface area contributed by atoms with Crippen molar-refractivity contribution in [2.24, 2.45) is 0 Å². The molecule has 0 aliphatic heterocycles. The van der Waals surface area contributed by atoms with Crippen molar-refractivity contribution in [1.29, 1.82) is 0 Å². The molecule has 30 heavy (non-hydrogen) atoms. The van der Waals surface area contributed by atoms with Crippen LogP contribution in [0.1, 0.15) is 0 Å². The minimum Gasteiger partial charge on any atom is -0.496 e. The third-order valence-corrected chi connectivity index (χ3v) is 6.13. The molecular formula is C24H18FNO3S. The Morgan fingerprint density at radius 3 is 2.17 bits per heavy atom. The van der Waals surface area contributed by atoms with Gasteiger partial charge in [0.25, 0.3) is 0 Å². The number of fused-ring (bicyclic) bond motifs is 3. The first kappa shape index (κ1) is 18.7. The van der Waals surface area contributed by atoms with Gasteiger partial charge in [-0.25, -0.2) is 0 Å². The average Bonchev–Trinajstić information content (AvgIpc) is 3.36. The predicted molar refractivity (Wildman–Crippen MR) is 118 cm³/mol. The number of benzene rings is 3. The number of rotatable bonds is 6. The molecule has 0 radical (unpaired) electrons. The maximum atomic E-state index is 12.6. The Bertz CT molecular complexity index is 1290. The molecule has 0 amide bonds. The fourth-order valence-electron chi connectivity index (χ4n) is 3.91. The molecule has 0 N–H and O–H groups in total. The number of thiophene rings is 1. The lowest BCUT2D eigenvalue weighted by Crippen LogP contribution is -2.02. The number of nitrogens with zero attached hydrogens (tertiary/aromatic N) is 1. The van der Waals surface area contributed by atoms with Crippen molar-refractivity contribution in [1.82, 2.24) is 4.57 Å². The molecular weight excluding hydrogens is 401 g/mol. The van der Waals surface area contributed by atoms with Gasteiger partial charge in [-0.15, -0.1) is 11.3 Å². The summed E-state index contributed by atoms with van der Waals surface area (Å²) in [6.07, 6.45) is 0. The van der Waals surface area contributed by atoms with Gasteiger partial charge in [0.05, 0.1) is 23.0 Å². The summed E-state index contributed by atoms with van der Waals surface area (Å²) in [4.78, 5) is 4.60. The second kappa shape index (κ2) is 7.82. The molecule has 0 unspecified atom stereocenters. The Balaban J connectivity index is 1.81. The molecule has 0 atom stereocenters. The summed E-state index contributed by atoms with van der Waals surface area (Å²) in [6, 6.07) is 24.1. The highest BCUT2D eigenvalue weighted by Gasteiger charge is 2.22. The molecule has 5 rings (SSSR count). The van der Waals surface area contributed by atoms with Crippen molar-refractivity contribution < 1.29 is 18.9 Å². The van der Waals surface area contributed by atoms with E-state index in [2.05, 4.69) is 33.8 Å². The van der Waals surface area contributed by atoms with Crippen molar-refractivity contribution in [2.75, 3.05) is 13.9 Å². The second-order valence-corrected chi connectivity index (χ2v) is 7.60. The molecule has 0 saturated heterocycles. The van der Waals surface area contributed by atoms with Gasteiger partial charge in [0.15, 0.2) is 5.75 Å². The molecule has 3 aromatic carbocycles. The van der Waals surface area contributed by atoms with E-state index in [1.807, 2.05) is 53.9 Å². The topological polar surface area (TPSA) is 32.6 Å². The van der Waals surface area contributed by atoms with Crippen LogP contribution in [0.5, 0.6) is 11.5 Å². The average molecular weight is 419 g/mol. The summed E-state index contributed by atoms with van der Waals surface area (Å²) >= 11 is 1.52. The fourth-order valence-corrected chi connectivity index (χ4v) is 4.92. The SMILES string of the molecule is COc1ccccc1-c1scc(-n2c3ccccc3c3ccccc32)c1OCOF. The van der Waals surface area contributed by atoms with Crippen LogP contribution in [-0.4, -0.2) is 18.5 Å². The standard InChI is InChI=1S/C24H18FNO3S/c1-27-22-13-7-4-10-18(22)24-23(28-15-29-25)21(14-30-24)26-19-11-5-2-8-16(19)17-9-3-6-12-20(17)26/h2-14H,15H2,1H3. The quantitative estimate of drug-likeness (QED) is 0.285. The van der Waals surface area contributed by atoms with Gasteiger partial charge in [0.1, 0.15) is 11.4 Å². The van der Waals surface area contributed by atoms with Gasteiger partial charge in [-0.05, 0) is 28.8 Å². The maximum absolute atomic E-state index is 12.6. The lowest BCUT2D eigenvalue weighted by Gasteiger charge is -2.13. The van der Waals surface area contributed by atoms with Gasteiger partial charge < -0.3 is 14.0 Å². The first-order valence-electron chi connectivity index (χ1n) is 9.43. The Hall–Kier alpha value is -3.35. The summed E-state index contributed by atoms with van der Waals surface area (Å²) in [7, 11) is 1.63. The van der Waals surface area contributed by atoms with Crippen LogP contribution in [0.2, 0.25) is 0 Å². The molecule has 0 spiro atoms. The molecule has 0 saturated carbocycles. The fraction of sp³-hybridized carbons (Fsp3) is 0.0833. The minimum atomic E-state index is -0.497. The molecule has 150 valence electrons. The Morgan fingerprint density at radius 2 is 1.50 bits per heavy atom. The van der Waals surface area contributed by atoms with Crippen molar-refractivity contribution in [2.45, 2.75) is 0 Å². The molecule has 2 heterocycles. The highest BCUT2D eigenvalue weighted by atomic mass is 32.1. The van der Waals surface area contributed by atoms with Crippen LogP contribution in [-0.2, 0) is 4.94 Å². The number of hydrogen-bond donors (Lipinski definition) is 0. The van der Waals surface area contributed by atoms with Crippen LogP contribution in [0.25, 0.3) is 37.9 Å². The molecule has 5 aromatic rings. The number of aromatic nitrogens is 1. The van der Waals surface area contributed by atoms with Gasteiger partial charge in [-0.1, -0.05) is 48.5 Å². The van der Waals surface area contributed by atoms with Crippen LogP contribution in [0.3, 0.4) is 0 Å². The summed E-state index contributed by atoms with van der Waals surface area (Å²) in [5.74, 6) is 1.27. The monoisotopic (exact) mass is 419 g/mol. The van der Waals surface area contributed by atoms with Crippen molar-refractivity contribution in [3.8, 4) is 27.6 Å². The third-order valence-electron chi connectivity index (χ3n) is 5.15. The van der Waals surface area contributed by atoms with E-state index in [4.69, 9.17) is 9.47 Å². The van der Waals surface area contributed by atoms with E-state index in [0.717, 1.165) is 43.7 Å². The largest absolute Gasteiger partial charge is 0.496 e. The van der Waals surface area contributed by atoms with E-state index in [1.54, 1.807) is 7.11 Å². The van der Waals surface area contributed by atoms with Crippen LogP contribution < -0.4 is 9.47 Å². The molecule has 0 bridgehead atoms. The number of halogens is 1. The zero-order valence-electron chi connectivity index (χ0n) is 16.2. The number of ether oxygens (including phenoxy) is 2. The summed E-state index contributed by atoms with van der Waals surface area (Å²) < 4.78 is 26.0.